The zero-order valence-electron chi connectivity index (χ0n) is 10.2. The Labute approximate surface area is 98.0 Å². The van der Waals surface area contributed by atoms with Crippen LogP contribution in [0.3, 0.4) is 0 Å². The van der Waals surface area contributed by atoms with Crippen molar-refractivity contribution in [2.24, 2.45) is 0 Å². The first-order chi connectivity index (χ1) is 7.83. The Morgan fingerprint density at radius 1 is 1.06 bits per heavy atom. The summed E-state index contributed by atoms with van der Waals surface area (Å²) in [6.45, 7) is 4.01. The lowest BCUT2D eigenvalue weighted by Crippen LogP contribution is -2.23. The van der Waals surface area contributed by atoms with Gasteiger partial charge in [-0.25, -0.2) is 0 Å². The predicted molar refractivity (Wildman–Crippen MR) is 65.5 cm³/mol. The molecule has 0 radical (unpaired) electrons. The minimum Gasteiger partial charge on any atom is -0.382 e. The van der Waals surface area contributed by atoms with Crippen LogP contribution in [-0.2, 0) is 16.0 Å². The topological polar surface area (TPSA) is 21.7 Å². The van der Waals surface area contributed by atoms with Crippen LogP contribution < -0.4 is 0 Å². The smallest absolute Gasteiger partial charge is 0.0700 e. The van der Waals surface area contributed by atoms with E-state index >= 15 is 0 Å². The maximum Gasteiger partial charge on any atom is 0.0700 e. The van der Waals surface area contributed by atoms with Crippen molar-refractivity contribution in [3.05, 3.63) is 35.9 Å². The van der Waals surface area contributed by atoms with Gasteiger partial charge in [-0.1, -0.05) is 30.3 Å². The summed E-state index contributed by atoms with van der Waals surface area (Å²) < 4.78 is 10.3. The molecule has 3 heteroatoms. The van der Waals surface area contributed by atoms with Gasteiger partial charge in [0.1, 0.15) is 0 Å². The van der Waals surface area contributed by atoms with Crippen LogP contribution in [0.2, 0.25) is 0 Å². The molecule has 0 heterocycles. The van der Waals surface area contributed by atoms with E-state index in [0.29, 0.717) is 13.2 Å². The number of nitrogens with zero attached hydrogens (tertiary/aromatic N) is 1. The van der Waals surface area contributed by atoms with E-state index in [9.17, 15) is 0 Å². The lowest BCUT2D eigenvalue weighted by atomic mass is 10.2. The molecule has 0 N–H and O–H groups in total. The molecule has 0 bridgehead atoms. The van der Waals surface area contributed by atoms with Crippen molar-refractivity contribution in [2.45, 2.75) is 6.54 Å². The van der Waals surface area contributed by atoms with Gasteiger partial charge in [0.2, 0.25) is 0 Å². The molecule has 0 atom stereocenters. The molecule has 1 rings (SSSR count). The summed E-state index contributed by atoms with van der Waals surface area (Å²) in [6.07, 6.45) is 0. The molecule has 0 saturated heterocycles. The minimum atomic E-state index is 0.669. The predicted octanol–water partition coefficient (Wildman–Crippen LogP) is 1.78. The molecular weight excluding hydrogens is 202 g/mol. The molecule has 16 heavy (non-hydrogen) atoms. The normalized spacial score (nSPS) is 10.9. The van der Waals surface area contributed by atoms with Crippen molar-refractivity contribution >= 4 is 0 Å². The summed E-state index contributed by atoms with van der Waals surface area (Å²) in [5, 5.41) is 0. The van der Waals surface area contributed by atoms with E-state index in [2.05, 4.69) is 36.2 Å². The van der Waals surface area contributed by atoms with Crippen LogP contribution in [0.5, 0.6) is 0 Å². The molecule has 1 aromatic carbocycles. The zero-order chi connectivity index (χ0) is 11.6. The molecule has 0 fully saturated rings. The number of hydrogen-bond acceptors (Lipinski definition) is 3. The summed E-state index contributed by atoms with van der Waals surface area (Å²) in [6, 6.07) is 10.5. The SMILES string of the molecule is COCCOCCN(C)Cc1ccccc1. The van der Waals surface area contributed by atoms with Crippen molar-refractivity contribution in [3.8, 4) is 0 Å². The summed E-state index contributed by atoms with van der Waals surface area (Å²) in [5.74, 6) is 0. The fourth-order valence-electron chi connectivity index (χ4n) is 1.44. The highest BCUT2D eigenvalue weighted by Gasteiger charge is 1.99. The quantitative estimate of drug-likeness (QED) is 0.627. The van der Waals surface area contributed by atoms with Gasteiger partial charge in [-0.2, -0.15) is 0 Å². The number of likely N-dealkylation sites (N-methyl/N-ethyl adjacent to an activating group) is 1. The largest absolute Gasteiger partial charge is 0.382 e. The highest BCUT2D eigenvalue weighted by molar-refractivity contribution is 5.14. The number of methoxy groups -OCH3 is 1. The van der Waals surface area contributed by atoms with E-state index in [1.54, 1.807) is 7.11 Å². The second-order valence-electron chi connectivity index (χ2n) is 3.83. The van der Waals surface area contributed by atoms with E-state index in [-0.39, 0.29) is 0 Å². The van der Waals surface area contributed by atoms with Gasteiger partial charge in [0.05, 0.1) is 19.8 Å². The third-order valence-electron chi connectivity index (χ3n) is 2.34. The van der Waals surface area contributed by atoms with Crippen LogP contribution in [0.1, 0.15) is 5.56 Å². The number of ether oxygens (including phenoxy) is 2. The second kappa shape index (κ2) is 8.28. The van der Waals surface area contributed by atoms with Gasteiger partial charge in [-0.15, -0.1) is 0 Å². The summed E-state index contributed by atoms with van der Waals surface area (Å²) in [4.78, 5) is 2.25. The lowest BCUT2D eigenvalue weighted by Gasteiger charge is -2.16. The fourth-order valence-corrected chi connectivity index (χ4v) is 1.44. The van der Waals surface area contributed by atoms with Crippen molar-refractivity contribution in [1.82, 2.24) is 4.90 Å². The van der Waals surface area contributed by atoms with Crippen molar-refractivity contribution in [3.63, 3.8) is 0 Å². The molecule has 90 valence electrons. The third-order valence-corrected chi connectivity index (χ3v) is 2.34. The van der Waals surface area contributed by atoms with Crippen molar-refractivity contribution < 1.29 is 9.47 Å². The Balaban J connectivity index is 2.09. The first-order valence-electron chi connectivity index (χ1n) is 5.62. The van der Waals surface area contributed by atoms with Crippen LogP contribution in [0.4, 0.5) is 0 Å². The van der Waals surface area contributed by atoms with E-state index in [1.165, 1.54) is 5.56 Å². The number of benzene rings is 1. The van der Waals surface area contributed by atoms with Crippen LogP contribution in [0.25, 0.3) is 0 Å². The summed E-state index contributed by atoms with van der Waals surface area (Å²) in [7, 11) is 3.79. The second-order valence-corrected chi connectivity index (χ2v) is 3.83. The Morgan fingerprint density at radius 3 is 2.50 bits per heavy atom. The van der Waals surface area contributed by atoms with Gasteiger partial charge in [-0.3, -0.25) is 4.90 Å². The Bertz CT molecular complexity index is 264. The van der Waals surface area contributed by atoms with E-state index in [0.717, 1.165) is 19.7 Å². The third kappa shape index (κ3) is 5.85. The van der Waals surface area contributed by atoms with Gasteiger partial charge in [-0.05, 0) is 12.6 Å². The molecule has 0 aliphatic carbocycles. The highest BCUT2D eigenvalue weighted by Crippen LogP contribution is 2.01. The van der Waals surface area contributed by atoms with Crippen LogP contribution in [-0.4, -0.2) is 45.4 Å². The zero-order valence-corrected chi connectivity index (χ0v) is 10.2. The molecular formula is C13H21NO2. The van der Waals surface area contributed by atoms with Crippen LogP contribution in [0, 0.1) is 0 Å². The number of rotatable bonds is 8. The molecule has 3 nitrogen and oxygen atoms in total. The molecule has 0 amide bonds. The summed E-state index contributed by atoms with van der Waals surface area (Å²) >= 11 is 0. The molecule has 0 aromatic heterocycles. The Hall–Kier alpha value is -0.900. The maximum absolute atomic E-state index is 5.42. The number of hydrogen-bond donors (Lipinski definition) is 0. The minimum absolute atomic E-state index is 0.669. The van der Waals surface area contributed by atoms with Gasteiger partial charge in [0, 0.05) is 20.2 Å². The average Bonchev–Trinajstić information content (AvgIpc) is 2.30. The van der Waals surface area contributed by atoms with Gasteiger partial charge in [0.25, 0.3) is 0 Å². The molecule has 0 saturated carbocycles. The van der Waals surface area contributed by atoms with Gasteiger partial charge >= 0.3 is 0 Å². The fraction of sp³-hybridized carbons (Fsp3) is 0.538. The van der Waals surface area contributed by atoms with E-state index in [4.69, 9.17) is 9.47 Å². The van der Waals surface area contributed by atoms with E-state index in [1.807, 2.05) is 6.07 Å². The Kier molecular flexibility index (Phi) is 6.81. The average molecular weight is 223 g/mol. The van der Waals surface area contributed by atoms with Crippen LogP contribution in [0.15, 0.2) is 30.3 Å². The highest BCUT2D eigenvalue weighted by atomic mass is 16.5. The molecule has 0 unspecified atom stereocenters. The van der Waals surface area contributed by atoms with Gasteiger partial charge in [0.15, 0.2) is 0 Å². The van der Waals surface area contributed by atoms with Crippen LogP contribution >= 0.6 is 0 Å². The monoisotopic (exact) mass is 223 g/mol. The van der Waals surface area contributed by atoms with E-state index < -0.39 is 0 Å². The molecule has 1 aromatic rings. The Morgan fingerprint density at radius 2 is 1.81 bits per heavy atom. The molecule has 0 spiro atoms. The van der Waals surface area contributed by atoms with Crippen molar-refractivity contribution in [1.29, 1.82) is 0 Å². The molecule has 0 aliphatic heterocycles. The molecule has 0 aliphatic rings. The van der Waals surface area contributed by atoms with Crippen molar-refractivity contribution in [2.75, 3.05) is 40.5 Å². The first kappa shape index (κ1) is 13.2. The summed E-state index contributed by atoms with van der Waals surface area (Å²) in [5.41, 5.74) is 1.34. The maximum atomic E-state index is 5.42. The lowest BCUT2D eigenvalue weighted by molar-refractivity contribution is 0.0598. The first-order valence-corrected chi connectivity index (χ1v) is 5.62. The van der Waals surface area contributed by atoms with Gasteiger partial charge < -0.3 is 9.47 Å². The standard InChI is InChI=1S/C13H21NO2/c1-14(8-9-16-11-10-15-2)12-13-6-4-3-5-7-13/h3-7H,8-12H2,1-2H3.